The van der Waals surface area contributed by atoms with Crippen molar-refractivity contribution in [2.45, 2.75) is 75.1 Å². The first kappa shape index (κ1) is 37.6. The number of benzene rings is 3. The van der Waals surface area contributed by atoms with Gasteiger partial charge in [0.15, 0.2) is 22.9 Å². The van der Waals surface area contributed by atoms with Gasteiger partial charge in [0.05, 0.1) is 33.9 Å². The minimum atomic E-state index is -4.17. The fourth-order valence-corrected chi connectivity index (χ4v) is 10.7. The van der Waals surface area contributed by atoms with Gasteiger partial charge in [-0.2, -0.15) is 8.42 Å². The fourth-order valence-electron chi connectivity index (χ4n) is 8.24. The van der Waals surface area contributed by atoms with E-state index in [0.29, 0.717) is 73.0 Å². The summed E-state index contributed by atoms with van der Waals surface area (Å²) in [6.45, 7) is 5.75. The lowest BCUT2D eigenvalue weighted by Crippen LogP contribution is -2.67. The average molecular weight is 735 g/mol. The molecule has 2 aliphatic heterocycles. The molecule has 0 spiro atoms. The summed E-state index contributed by atoms with van der Waals surface area (Å²) in [5.41, 5.74) is 2.01. The number of hydrogen-bond donors (Lipinski definition) is 0. The van der Waals surface area contributed by atoms with E-state index in [0.717, 1.165) is 50.9 Å². The third-order valence-corrected chi connectivity index (χ3v) is 13.4. The molecule has 280 valence electrons. The van der Waals surface area contributed by atoms with Gasteiger partial charge in [-0.25, -0.2) is 4.79 Å². The van der Waals surface area contributed by atoms with Crippen LogP contribution in [0.1, 0.15) is 68.9 Å². The molecular formula is C40H52N3O8S+. The Labute approximate surface area is 308 Å². The van der Waals surface area contributed by atoms with Crippen molar-refractivity contribution in [1.82, 2.24) is 13.7 Å². The number of carbonyl (C=O) groups is 2. The van der Waals surface area contributed by atoms with Gasteiger partial charge in [-0.3, -0.25) is 9.69 Å². The molecule has 3 aliphatic rings. The Balaban J connectivity index is 1.08. The van der Waals surface area contributed by atoms with Crippen LogP contribution in [0.15, 0.2) is 65.6 Å². The first-order valence-corrected chi connectivity index (χ1v) is 19.9. The van der Waals surface area contributed by atoms with Gasteiger partial charge >= 0.3 is 15.9 Å². The Bertz CT molecular complexity index is 1830. The highest BCUT2D eigenvalue weighted by atomic mass is 32.2. The molecule has 12 heteroatoms. The number of rotatable bonds is 13. The van der Waals surface area contributed by atoms with Crippen LogP contribution in [0.4, 0.5) is 5.69 Å². The second kappa shape index (κ2) is 16.3. The van der Waals surface area contributed by atoms with E-state index < -0.39 is 25.9 Å². The Morgan fingerprint density at radius 2 is 1.50 bits per heavy atom. The van der Waals surface area contributed by atoms with Crippen molar-refractivity contribution >= 4 is 27.5 Å². The smallest absolute Gasteiger partial charge is 0.341 e. The molecule has 6 rings (SSSR count). The van der Waals surface area contributed by atoms with Crippen LogP contribution in [-0.4, -0.2) is 96.7 Å². The van der Waals surface area contributed by atoms with Gasteiger partial charge in [0.25, 0.3) is 0 Å². The molecule has 2 fully saturated rings. The summed E-state index contributed by atoms with van der Waals surface area (Å²) < 4.78 is 51.5. The molecule has 3 aromatic rings. The van der Waals surface area contributed by atoms with Crippen molar-refractivity contribution in [3.63, 3.8) is 0 Å². The van der Waals surface area contributed by atoms with Crippen molar-refractivity contribution < 1.29 is 37.0 Å². The lowest BCUT2D eigenvalue weighted by Gasteiger charge is -2.45. The number of quaternary nitrogens is 1. The zero-order valence-corrected chi connectivity index (χ0v) is 31.7. The number of carbonyl (C=O) groups excluding carboxylic acids is 2. The highest BCUT2D eigenvalue weighted by molar-refractivity contribution is 7.91. The van der Waals surface area contributed by atoms with E-state index in [2.05, 4.69) is 4.90 Å². The summed E-state index contributed by atoms with van der Waals surface area (Å²) in [7, 11) is 0.648. The van der Waals surface area contributed by atoms with Gasteiger partial charge in [-0.15, -0.1) is 3.89 Å². The van der Waals surface area contributed by atoms with Gasteiger partial charge in [-0.05, 0) is 68.0 Å². The van der Waals surface area contributed by atoms with E-state index in [1.807, 2.05) is 24.0 Å². The Kier molecular flexibility index (Phi) is 11.8. The summed E-state index contributed by atoms with van der Waals surface area (Å²) in [5, 5.41) is 0. The maximum atomic E-state index is 14.8. The standard InChI is InChI=1S/C40H52N3O8S/c1-29-32-15-8-11-18-37(32)52(46,47)43(40(29)45,31-13-6-5-7-14-31)33-16-9-10-17-34(33)51-26-12-19-38(44)42-24-22-41(23-25-42)21-20-30-27-35(48-2)39(50-4)36(28-30)49-3/h8-11,15-18,27-29,31H,5-7,12-14,19-26H2,1-4H3/q+1. The van der Waals surface area contributed by atoms with Gasteiger partial charge in [0.1, 0.15) is 10.9 Å². The van der Waals surface area contributed by atoms with Crippen LogP contribution in [0.25, 0.3) is 0 Å². The molecule has 1 aliphatic carbocycles. The molecule has 3 aromatic carbocycles. The Hall–Kier alpha value is -4.13. The zero-order chi connectivity index (χ0) is 36.9. The number of fused-ring (bicyclic) bond motifs is 1. The molecule has 0 N–H and O–H groups in total. The number of para-hydroxylation sites is 2. The van der Waals surface area contributed by atoms with Gasteiger partial charge in [0.2, 0.25) is 11.7 Å². The maximum Gasteiger partial charge on any atom is 0.341 e. The van der Waals surface area contributed by atoms with E-state index in [1.165, 1.54) is 0 Å². The molecule has 0 aromatic heterocycles. The number of methoxy groups -OCH3 is 3. The number of amides is 2. The molecule has 0 bridgehead atoms. The van der Waals surface area contributed by atoms with Crippen LogP contribution in [0.3, 0.4) is 0 Å². The van der Waals surface area contributed by atoms with Crippen molar-refractivity contribution in [2.24, 2.45) is 0 Å². The summed E-state index contributed by atoms with van der Waals surface area (Å²) in [5.74, 6) is 1.37. The molecule has 2 atom stereocenters. The van der Waals surface area contributed by atoms with Crippen LogP contribution in [-0.2, 0) is 26.0 Å². The van der Waals surface area contributed by atoms with Crippen molar-refractivity contribution in [1.29, 1.82) is 0 Å². The number of ether oxygens (including phenoxy) is 4. The highest BCUT2D eigenvalue weighted by Gasteiger charge is 2.63. The highest BCUT2D eigenvalue weighted by Crippen LogP contribution is 2.51. The van der Waals surface area contributed by atoms with Crippen LogP contribution in [0.5, 0.6) is 23.0 Å². The quantitative estimate of drug-likeness (QED) is 0.156. The largest absolute Gasteiger partial charge is 0.493 e. The first-order chi connectivity index (χ1) is 25.2. The van der Waals surface area contributed by atoms with Gasteiger partial charge in [0, 0.05) is 58.1 Å². The fraction of sp³-hybridized carbons (Fsp3) is 0.500. The Morgan fingerprint density at radius 3 is 2.17 bits per heavy atom. The van der Waals surface area contributed by atoms with E-state index in [9.17, 15) is 18.0 Å². The third-order valence-electron chi connectivity index (χ3n) is 11.0. The maximum absolute atomic E-state index is 14.8. The molecule has 2 unspecified atom stereocenters. The number of sulfonamides is 1. The summed E-state index contributed by atoms with van der Waals surface area (Å²) in [4.78, 5) is 32.3. The minimum Gasteiger partial charge on any atom is -0.493 e. The summed E-state index contributed by atoms with van der Waals surface area (Å²) >= 11 is 0. The predicted molar refractivity (Wildman–Crippen MR) is 200 cm³/mol. The van der Waals surface area contributed by atoms with Gasteiger partial charge in [-0.1, -0.05) is 36.8 Å². The average Bonchev–Trinajstić information content (AvgIpc) is 3.18. The minimum absolute atomic E-state index is 0.0751. The van der Waals surface area contributed by atoms with E-state index in [4.69, 9.17) is 18.9 Å². The second-order valence-electron chi connectivity index (χ2n) is 13.9. The molecule has 2 heterocycles. The van der Waals surface area contributed by atoms with Crippen LogP contribution in [0, 0.1) is 0 Å². The lowest BCUT2D eigenvalue weighted by molar-refractivity contribution is -0.133. The predicted octanol–water partition coefficient (Wildman–Crippen LogP) is 5.93. The van der Waals surface area contributed by atoms with Crippen LogP contribution >= 0.6 is 0 Å². The van der Waals surface area contributed by atoms with Crippen LogP contribution < -0.4 is 22.8 Å². The summed E-state index contributed by atoms with van der Waals surface area (Å²) in [6, 6.07) is 17.5. The van der Waals surface area contributed by atoms with E-state index >= 15 is 0 Å². The van der Waals surface area contributed by atoms with E-state index in [1.54, 1.807) is 69.9 Å². The molecule has 2 amide bonds. The lowest BCUT2D eigenvalue weighted by atomic mass is 9.91. The SMILES string of the molecule is COc1cc(CCN2CCN(C(=O)CCCOc3ccccc3[N+]3(C4CCCCC4)C(=O)C(C)c4ccccc4S3(=O)=O)CC2)cc(OC)c1OC. The molecule has 1 saturated heterocycles. The normalized spacial score (nSPS) is 22.0. The summed E-state index contributed by atoms with van der Waals surface area (Å²) in [6.07, 6.45) is 5.64. The number of piperazine rings is 1. The molecular weight excluding hydrogens is 683 g/mol. The van der Waals surface area contributed by atoms with Gasteiger partial charge < -0.3 is 23.8 Å². The first-order valence-electron chi connectivity index (χ1n) is 18.5. The van der Waals surface area contributed by atoms with Crippen molar-refractivity contribution in [3.05, 3.63) is 71.8 Å². The second-order valence-corrected chi connectivity index (χ2v) is 15.9. The number of hydrogen-bond acceptors (Lipinski definition) is 9. The monoisotopic (exact) mass is 734 g/mol. The van der Waals surface area contributed by atoms with Crippen LogP contribution in [0.2, 0.25) is 0 Å². The van der Waals surface area contributed by atoms with E-state index in [-0.39, 0.29) is 23.3 Å². The topological polar surface area (TPSA) is 112 Å². The molecule has 0 radical (unpaired) electrons. The van der Waals surface area contributed by atoms with Crippen molar-refractivity contribution in [2.75, 3.05) is 60.7 Å². The van der Waals surface area contributed by atoms with Crippen molar-refractivity contribution in [3.8, 4) is 23.0 Å². The molecule has 11 nitrogen and oxygen atoms in total. The zero-order valence-electron chi connectivity index (χ0n) is 30.8. The molecule has 1 saturated carbocycles. The molecule has 52 heavy (non-hydrogen) atoms. The third kappa shape index (κ3) is 7.00. The Morgan fingerprint density at radius 1 is 0.846 bits per heavy atom. The number of nitrogens with zero attached hydrogens (tertiary/aromatic N) is 3.